The summed E-state index contributed by atoms with van der Waals surface area (Å²) in [5, 5.41) is 0.664. The second kappa shape index (κ2) is 5.36. The number of nitrogens with one attached hydrogen (secondary N) is 1. The molecule has 4 nitrogen and oxygen atoms in total. The first-order chi connectivity index (χ1) is 8.88. The molecule has 0 saturated heterocycles. The van der Waals surface area contributed by atoms with Gasteiger partial charge in [-0.25, -0.2) is 13.4 Å². The third-order valence-electron chi connectivity index (χ3n) is 2.40. The fraction of sp³-hybridized carbons (Fsp3) is 0.0833. The van der Waals surface area contributed by atoms with Gasteiger partial charge in [0.05, 0.1) is 16.3 Å². The summed E-state index contributed by atoms with van der Waals surface area (Å²) in [7, 11) is -3.69. The molecular formula is C12H10Cl2N2O2S. The van der Waals surface area contributed by atoms with E-state index < -0.39 is 10.0 Å². The third kappa shape index (κ3) is 3.37. The molecule has 2 rings (SSSR count). The van der Waals surface area contributed by atoms with Crippen molar-refractivity contribution in [3.63, 3.8) is 0 Å². The lowest BCUT2D eigenvalue weighted by molar-refractivity contribution is 0.601. The highest BCUT2D eigenvalue weighted by Gasteiger charge is 2.15. The number of anilines is 1. The van der Waals surface area contributed by atoms with Crippen molar-refractivity contribution in [2.75, 3.05) is 4.72 Å². The van der Waals surface area contributed by atoms with Crippen LogP contribution in [-0.2, 0) is 10.0 Å². The van der Waals surface area contributed by atoms with Crippen LogP contribution >= 0.6 is 23.2 Å². The van der Waals surface area contributed by atoms with Crippen LogP contribution in [-0.4, -0.2) is 13.4 Å². The van der Waals surface area contributed by atoms with E-state index in [0.717, 1.165) is 0 Å². The van der Waals surface area contributed by atoms with Crippen molar-refractivity contribution in [1.82, 2.24) is 4.98 Å². The van der Waals surface area contributed by atoms with Crippen LogP contribution in [0.4, 0.5) is 5.69 Å². The SMILES string of the molecule is Cc1nc(Cl)ccc1NS(=O)(=O)c1cccc(Cl)c1. The van der Waals surface area contributed by atoms with Gasteiger partial charge in [0.15, 0.2) is 0 Å². The van der Waals surface area contributed by atoms with Gasteiger partial charge in [0.2, 0.25) is 0 Å². The van der Waals surface area contributed by atoms with Crippen LogP contribution in [0, 0.1) is 6.92 Å². The van der Waals surface area contributed by atoms with Crippen LogP contribution in [0.2, 0.25) is 10.2 Å². The first-order valence-corrected chi connectivity index (χ1v) is 7.54. The molecule has 0 fully saturated rings. The molecule has 0 atom stereocenters. The van der Waals surface area contributed by atoms with E-state index in [2.05, 4.69) is 9.71 Å². The lowest BCUT2D eigenvalue weighted by Crippen LogP contribution is -2.14. The van der Waals surface area contributed by atoms with Crippen LogP contribution in [0.1, 0.15) is 5.69 Å². The Bertz CT molecular complexity index is 717. The first-order valence-electron chi connectivity index (χ1n) is 5.30. The van der Waals surface area contributed by atoms with E-state index in [4.69, 9.17) is 23.2 Å². The van der Waals surface area contributed by atoms with Gasteiger partial charge in [0, 0.05) is 5.02 Å². The van der Waals surface area contributed by atoms with Crippen molar-refractivity contribution in [1.29, 1.82) is 0 Å². The molecule has 2 aromatic rings. The summed E-state index contributed by atoms with van der Waals surface area (Å²) < 4.78 is 26.8. The number of hydrogen-bond donors (Lipinski definition) is 1. The number of pyridine rings is 1. The Morgan fingerprint density at radius 1 is 1.16 bits per heavy atom. The second-order valence-corrected chi connectivity index (χ2v) is 6.34. The first kappa shape index (κ1) is 14.1. The molecule has 1 heterocycles. The van der Waals surface area contributed by atoms with E-state index in [9.17, 15) is 8.42 Å². The summed E-state index contributed by atoms with van der Waals surface area (Å²) in [5.41, 5.74) is 0.877. The minimum absolute atomic E-state index is 0.0920. The molecule has 1 N–H and O–H groups in total. The molecule has 0 aliphatic rings. The molecule has 0 saturated carbocycles. The molecule has 0 aliphatic heterocycles. The zero-order valence-electron chi connectivity index (χ0n) is 9.89. The smallest absolute Gasteiger partial charge is 0.262 e. The minimum Gasteiger partial charge on any atom is -0.278 e. The molecule has 0 amide bonds. The van der Waals surface area contributed by atoms with Gasteiger partial charge in [-0.05, 0) is 37.3 Å². The number of nitrogens with zero attached hydrogens (tertiary/aromatic N) is 1. The van der Waals surface area contributed by atoms with Gasteiger partial charge >= 0.3 is 0 Å². The van der Waals surface area contributed by atoms with Crippen molar-refractivity contribution in [2.24, 2.45) is 0 Å². The summed E-state index contributed by atoms with van der Waals surface area (Å²) in [6, 6.07) is 9.10. The number of sulfonamides is 1. The maximum atomic E-state index is 12.2. The molecule has 1 aromatic heterocycles. The summed E-state index contributed by atoms with van der Waals surface area (Å²) in [6.45, 7) is 1.67. The lowest BCUT2D eigenvalue weighted by Gasteiger charge is -2.10. The fourth-order valence-corrected chi connectivity index (χ4v) is 3.08. The molecular weight excluding hydrogens is 307 g/mol. The van der Waals surface area contributed by atoms with Gasteiger partial charge in [0.25, 0.3) is 10.0 Å². The Kier molecular flexibility index (Phi) is 3.99. The number of halogens is 2. The maximum Gasteiger partial charge on any atom is 0.262 e. The minimum atomic E-state index is -3.69. The molecule has 0 bridgehead atoms. The topological polar surface area (TPSA) is 59.1 Å². The largest absolute Gasteiger partial charge is 0.278 e. The summed E-state index contributed by atoms with van der Waals surface area (Å²) in [5.74, 6) is 0. The Hall–Kier alpha value is -1.30. The van der Waals surface area contributed by atoms with E-state index in [1.54, 1.807) is 25.1 Å². The second-order valence-electron chi connectivity index (χ2n) is 3.83. The average molecular weight is 317 g/mol. The highest BCUT2D eigenvalue weighted by Crippen LogP contribution is 2.21. The molecule has 100 valence electrons. The van der Waals surface area contributed by atoms with Gasteiger partial charge in [-0.2, -0.15) is 0 Å². The fourth-order valence-electron chi connectivity index (χ4n) is 1.48. The average Bonchev–Trinajstić information content (AvgIpc) is 2.33. The van der Waals surface area contributed by atoms with Crippen LogP contribution in [0.5, 0.6) is 0 Å². The summed E-state index contributed by atoms with van der Waals surface area (Å²) in [4.78, 5) is 4.07. The monoisotopic (exact) mass is 316 g/mol. The van der Waals surface area contributed by atoms with Gasteiger partial charge in [-0.15, -0.1) is 0 Å². The maximum absolute atomic E-state index is 12.2. The van der Waals surface area contributed by atoms with Gasteiger partial charge in [0.1, 0.15) is 5.15 Å². The highest BCUT2D eigenvalue weighted by atomic mass is 35.5. The number of hydrogen-bond acceptors (Lipinski definition) is 3. The van der Waals surface area contributed by atoms with Crippen molar-refractivity contribution >= 4 is 38.9 Å². The van der Waals surface area contributed by atoms with E-state index in [-0.39, 0.29) is 4.90 Å². The van der Waals surface area contributed by atoms with E-state index in [1.807, 2.05) is 0 Å². The zero-order valence-corrected chi connectivity index (χ0v) is 12.2. The molecule has 0 aliphatic carbocycles. The van der Waals surface area contributed by atoms with Crippen LogP contribution in [0.15, 0.2) is 41.3 Å². The molecule has 19 heavy (non-hydrogen) atoms. The van der Waals surface area contributed by atoms with E-state index >= 15 is 0 Å². The quantitative estimate of drug-likeness (QED) is 0.882. The predicted octanol–water partition coefficient (Wildman–Crippen LogP) is 3.50. The van der Waals surface area contributed by atoms with Gasteiger partial charge in [-0.1, -0.05) is 29.3 Å². The normalized spacial score (nSPS) is 11.3. The Balaban J connectivity index is 2.36. The predicted molar refractivity (Wildman–Crippen MR) is 76.2 cm³/mol. The molecule has 0 unspecified atom stereocenters. The third-order valence-corrected chi connectivity index (χ3v) is 4.21. The standard InChI is InChI=1S/C12H10Cl2N2O2S/c1-8-11(5-6-12(14)15-8)16-19(17,18)10-4-2-3-9(13)7-10/h2-7,16H,1H3. The number of aromatic nitrogens is 1. The Labute approximate surface area is 121 Å². The summed E-state index contributed by atoms with van der Waals surface area (Å²) in [6.07, 6.45) is 0. The van der Waals surface area contributed by atoms with Crippen molar-refractivity contribution in [3.05, 3.63) is 52.3 Å². The molecule has 1 aromatic carbocycles. The number of benzene rings is 1. The molecule has 7 heteroatoms. The van der Waals surface area contributed by atoms with Crippen LogP contribution < -0.4 is 4.72 Å². The summed E-state index contributed by atoms with van der Waals surface area (Å²) >= 11 is 11.5. The molecule has 0 radical (unpaired) electrons. The number of aryl methyl sites for hydroxylation is 1. The van der Waals surface area contributed by atoms with E-state index in [1.165, 1.54) is 18.2 Å². The van der Waals surface area contributed by atoms with Crippen molar-refractivity contribution < 1.29 is 8.42 Å². The number of rotatable bonds is 3. The molecule has 0 spiro atoms. The van der Waals surface area contributed by atoms with Crippen molar-refractivity contribution in [3.8, 4) is 0 Å². The Morgan fingerprint density at radius 3 is 2.53 bits per heavy atom. The lowest BCUT2D eigenvalue weighted by atomic mass is 10.3. The van der Waals surface area contributed by atoms with Crippen molar-refractivity contribution in [2.45, 2.75) is 11.8 Å². The van der Waals surface area contributed by atoms with Crippen LogP contribution in [0.25, 0.3) is 0 Å². The Morgan fingerprint density at radius 2 is 1.89 bits per heavy atom. The highest BCUT2D eigenvalue weighted by molar-refractivity contribution is 7.92. The van der Waals surface area contributed by atoms with Gasteiger partial charge < -0.3 is 0 Å². The van der Waals surface area contributed by atoms with Crippen LogP contribution in [0.3, 0.4) is 0 Å². The zero-order chi connectivity index (χ0) is 14.0. The van der Waals surface area contributed by atoms with Gasteiger partial charge in [-0.3, -0.25) is 4.72 Å². The van der Waals surface area contributed by atoms with E-state index in [0.29, 0.717) is 21.6 Å².